The van der Waals surface area contributed by atoms with Crippen molar-refractivity contribution in [2.24, 2.45) is 5.92 Å². The fourth-order valence-corrected chi connectivity index (χ4v) is 2.67. The zero-order chi connectivity index (χ0) is 16.2. The molecule has 1 aromatic heterocycles. The Balaban J connectivity index is 1.50. The quantitative estimate of drug-likeness (QED) is 0.914. The number of carbonyl (C=O) groups is 1. The lowest BCUT2D eigenvalue weighted by atomic mass is 10.1. The normalized spacial score (nSPS) is 17.3. The maximum Gasteiger partial charge on any atom is 0.290 e. The minimum atomic E-state index is -0.305. The Labute approximate surface area is 133 Å². The van der Waals surface area contributed by atoms with Gasteiger partial charge in [0.15, 0.2) is 0 Å². The molecular weight excluding hydrogens is 301 g/mol. The van der Waals surface area contributed by atoms with E-state index in [1.54, 1.807) is 12.1 Å². The van der Waals surface area contributed by atoms with Crippen LogP contribution in [0.1, 0.15) is 17.0 Å². The summed E-state index contributed by atoms with van der Waals surface area (Å²) in [6, 6.07) is 7.92. The fraction of sp³-hybridized carbons (Fsp3) is 0.375. The van der Waals surface area contributed by atoms with E-state index in [-0.39, 0.29) is 23.4 Å². The standard InChI is InChI=1S/C16H18FN3O3/c1-22-15-8-14(23-19-15)16(21)18-9-11-6-7-20(10-11)13-4-2-12(17)3-5-13/h2-5,8,11H,6-7,9-10H2,1H3,(H,18,21). The zero-order valence-corrected chi connectivity index (χ0v) is 12.8. The van der Waals surface area contributed by atoms with Crippen LogP contribution >= 0.6 is 0 Å². The third kappa shape index (κ3) is 3.61. The first-order valence-electron chi connectivity index (χ1n) is 7.45. The Kier molecular flexibility index (Phi) is 4.45. The summed E-state index contributed by atoms with van der Waals surface area (Å²) in [6.07, 6.45) is 0.970. The molecule has 0 spiro atoms. The number of hydrogen-bond acceptors (Lipinski definition) is 5. The monoisotopic (exact) mass is 319 g/mol. The SMILES string of the molecule is COc1cc(C(=O)NCC2CCN(c3ccc(F)cc3)C2)on1. The van der Waals surface area contributed by atoms with E-state index < -0.39 is 0 Å². The minimum absolute atomic E-state index is 0.134. The summed E-state index contributed by atoms with van der Waals surface area (Å²) >= 11 is 0. The predicted molar refractivity (Wildman–Crippen MR) is 82.1 cm³/mol. The molecule has 6 nitrogen and oxygen atoms in total. The number of halogens is 1. The van der Waals surface area contributed by atoms with Crippen molar-refractivity contribution in [2.75, 3.05) is 31.6 Å². The van der Waals surface area contributed by atoms with Gasteiger partial charge in [0.1, 0.15) is 5.82 Å². The number of rotatable bonds is 5. The first-order chi connectivity index (χ1) is 11.2. The Hall–Kier alpha value is -2.57. The van der Waals surface area contributed by atoms with Gasteiger partial charge in [-0.3, -0.25) is 4.79 Å². The molecule has 3 rings (SSSR count). The summed E-state index contributed by atoms with van der Waals surface area (Å²) in [5, 5.41) is 6.44. The Morgan fingerprint density at radius 1 is 1.48 bits per heavy atom. The van der Waals surface area contributed by atoms with Crippen molar-refractivity contribution in [2.45, 2.75) is 6.42 Å². The van der Waals surface area contributed by atoms with Gasteiger partial charge in [0.05, 0.1) is 13.2 Å². The largest absolute Gasteiger partial charge is 0.479 e. The molecule has 0 bridgehead atoms. The smallest absolute Gasteiger partial charge is 0.290 e. The Morgan fingerprint density at radius 3 is 2.96 bits per heavy atom. The van der Waals surface area contributed by atoms with Crippen molar-refractivity contribution in [1.29, 1.82) is 0 Å². The van der Waals surface area contributed by atoms with Gasteiger partial charge in [-0.25, -0.2) is 4.39 Å². The number of nitrogens with zero attached hydrogens (tertiary/aromatic N) is 2. The summed E-state index contributed by atoms with van der Waals surface area (Å²) in [6.45, 7) is 2.27. The van der Waals surface area contributed by atoms with Crippen LogP contribution in [0.25, 0.3) is 0 Å². The summed E-state index contributed by atoms with van der Waals surface area (Å²) in [4.78, 5) is 14.2. The van der Waals surface area contributed by atoms with Crippen molar-refractivity contribution in [1.82, 2.24) is 10.5 Å². The molecule has 0 aliphatic carbocycles. The molecule has 1 fully saturated rings. The first-order valence-corrected chi connectivity index (χ1v) is 7.45. The molecule has 1 unspecified atom stereocenters. The second-order valence-corrected chi connectivity index (χ2v) is 5.52. The van der Waals surface area contributed by atoms with Gasteiger partial charge in [-0.2, -0.15) is 0 Å². The van der Waals surface area contributed by atoms with Crippen LogP contribution in [0.2, 0.25) is 0 Å². The molecular formula is C16H18FN3O3. The van der Waals surface area contributed by atoms with E-state index in [0.717, 1.165) is 25.2 Å². The van der Waals surface area contributed by atoms with Crippen LogP contribution < -0.4 is 15.0 Å². The molecule has 7 heteroatoms. The van der Waals surface area contributed by atoms with E-state index in [9.17, 15) is 9.18 Å². The van der Waals surface area contributed by atoms with Crippen molar-refractivity contribution in [3.8, 4) is 5.88 Å². The third-order valence-corrected chi connectivity index (χ3v) is 3.95. The molecule has 1 aliphatic heterocycles. The predicted octanol–water partition coefficient (Wildman–Crippen LogP) is 2.08. The van der Waals surface area contributed by atoms with Crippen molar-refractivity contribution >= 4 is 11.6 Å². The summed E-state index contributed by atoms with van der Waals surface area (Å²) < 4.78 is 22.7. The van der Waals surface area contributed by atoms with Crippen LogP contribution in [0.15, 0.2) is 34.9 Å². The van der Waals surface area contributed by atoms with E-state index in [1.165, 1.54) is 25.3 Å². The third-order valence-electron chi connectivity index (χ3n) is 3.95. The highest BCUT2D eigenvalue weighted by atomic mass is 19.1. The molecule has 1 saturated heterocycles. The maximum atomic E-state index is 13.0. The molecule has 1 aliphatic rings. The molecule has 2 aromatic rings. The number of methoxy groups -OCH3 is 1. The Morgan fingerprint density at radius 2 is 2.26 bits per heavy atom. The first kappa shape index (κ1) is 15.3. The minimum Gasteiger partial charge on any atom is -0.479 e. The van der Waals surface area contributed by atoms with Gasteiger partial charge < -0.3 is 19.5 Å². The van der Waals surface area contributed by atoms with Gasteiger partial charge in [0.25, 0.3) is 11.8 Å². The average molecular weight is 319 g/mol. The molecule has 1 N–H and O–H groups in total. The van der Waals surface area contributed by atoms with Gasteiger partial charge in [-0.05, 0) is 41.8 Å². The zero-order valence-electron chi connectivity index (χ0n) is 12.8. The highest BCUT2D eigenvalue weighted by molar-refractivity contribution is 5.91. The van der Waals surface area contributed by atoms with Gasteiger partial charge in [0, 0.05) is 25.3 Å². The Bertz CT molecular complexity index is 671. The van der Waals surface area contributed by atoms with Crippen LogP contribution in [0.4, 0.5) is 10.1 Å². The van der Waals surface area contributed by atoms with Crippen LogP contribution in [0.5, 0.6) is 5.88 Å². The molecule has 1 aromatic carbocycles. The van der Waals surface area contributed by atoms with Gasteiger partial charge in [0.2, 0.25) is 5.76 Å². The summed E-state index contributed by atoms with van der Waals surface area (Å²) in [5.41, 5.74) is 1.00. The lowest BCUT2D eigenvalue weighted by Crippen LogP contribution is -2.30. The molecule has 2 heterocycles. The number of nitrogens with one attached hydrogen (secondary N) is 1. The van der Waals surface area contributed by atoms with Crippen LogP contribution in [0, 0.1) is 11.7 Å². The van der Waals surface area contributed by atoms with Gasteiger partial charge in [-0.15, -0.1) is 0 Å². The summed E-state index contributed by atoms with van der Waals surface area (Å²) in [7, 11) is 1.46. The number of ether oxygens (including phenoxy) is 1. The van der Waals surface area contributed by atoms with Crippen molar-refractivity contribution in [3.63, 3.8) is 0 Å². The van der Waals surface area contributed by atoms with Crippen LogP contribution in [-0.2, 0) is 0 Å². The van der Waals surface area contributed by atoms with E-state index in [0.29, 0.717) is 12.5 Å². The van der Waals surface area contributed by atoms with E-state index >= 15 is 0 Å². The number of aromatic nitrogens is 1. The van der Waals surface area contributed by atoms with Crippen LogP contribution in [0.3, 0.4) is 0 Å². The van der Waals surface area contributed by atoms with Gasteiger partial charge >= 0.3 is 0 Å². The average Bonchev–Trinajstić information content (AvgIpc) is 3.22. The number of benzene rings is 1. The summed E-state index contributed by atoms with van der Waals surface area (Å²) in [5.74, 6) is 0.211. The molecule has 1 atom stereocenters. The number of amides is 1. The van der Waals surface area contributed by atoms with Crippen molar-refractivity contribution in [3.05, 3.63) is 41.9 Å². The number of anilines is 1. The molecule has 1 amide bonds. The number of hydrogen-bond donors (Lipinski definition) is 1. The van der Waals surface area contributed by atoms with Crippen molar-refractivity contribution < 1.29 is 18.4 Å². The molecule has 0 radical (unpaired) electrons. The molecule has 23 heavy (non-hydrogen) atoms. The highest BCUT2D eigenvalue weighted by Crippen LogP contribution is 2.23. The van der Waals surface area contributed by atoms with E-state index in [2.05, 4.69) is 15.4 Å². The molecule has 122 valence electrons. The molecule has 0 saturated carbocycles. The van der Waals surface area contributed by atoms with Gasteiger partial charge in [-0.1, -0.05) is 0 Å². The fourth-order valence-electron chi connectivity index (χ4n) is 2.67. The topological polar surface area (TPSA) is 67.6 Å². The van der Waals surface area contributed by atoms with E-state index in [1.807, 2.05) is 0 Å². The number of carbonyl (C=O) groups excluding carboxylic acids is 1. The van der Waals surface area contributed by atoms with E-state index in [4.69, 9.17) is 9.26 Å². The second kappa shape index (κ2) is 6.68. The second-order valence-electron chi connectivity index (χ2n) is 5.52. The lowest BCUT2D eigenvalue weighted by Gasteiger charge is -2.18. The van der Waals surface area contributed by atoms with Crippen LogP contribution in [-0.4, -0.2) is 37.8 Å². The highest BCUT2D eigenvalue weighted by Gasteiger charge is 2.24. The lowest BCUT2D eigenvalue weighted by molar-refractivity contribution is 0.0911. The maximum absolute atomic E-state index is 13.0.